The van der Waals surface area contributed by atoms with Crippen molar-refractivity contribution < 1.29 is 4.74 Å². The summed E-state index contributed by atoms with van der Waals surface area (Å²) in [5.41, 5.74) is 2.24. The summed E-state index contributed by atoms with van der Waals surface area (Å²) in [4.78, 5) is 8.03. The van der Waals surface area contributed by atoms with Gasteiger partial charge in [0.2, 0.25) is 0 Å². The molecule has 1 aliphatic rings. The van der Waals surface area contributed by atoms with Crippen LogP contribution in [0.15, 0.2) is 30.5 Å². The summed E-state index contributed by atoms with van der Waals surface area (Å²) >= 11 is 0. The topological polar surface area (TPSA) is 49.9 Å². The molecule has 1 fully saturated rings. The van der Waals surface area contributed by atoms with Crippen LogP contribution in [0, 0.1) is 0 Å². The second-order valence-electron chi connectivity index (χ2n) is 5.60. The standard InChI is InChI=1S/C17H23N3O/c1-2-10-21-15-7-5-13(6-8-15)16-12-19-17(20-16)14-4-3-9-18-11-14/h5-8,12,14,18H,2-4,9-11H2,1H3,(H,19,20). The molecule has 1 atom stereocenters. The van der Waals surface area contributed by atoms with E-state index < -0.39 is 0 Å². The minimum Gasteiger partial charge on any atom is -0.494 e. The van der Waals surface area contributed by atoms with E-state index in [2.05, 4.69) is 34.3 Å². The van der Waals surface area contributed by atoms with E-state index in [1.54, 1.807) is 0 Å². The number of ether oxygens (including phenoxy) is 1. The van der Waals surface area contributed by atoms with Crippen molar-refractivity contribution in [2.24, 2.45) is 0 Å². The average Bonchev–Trinajstić information content (AvgIpc) is 3.04. The van der Waals surface area contributed by atoms with Crippen LogP contribution in [0.25, 0.3) is 11.3 Å². The number of nitrogens with one attached hydrogen (secondary N) is 2. The number of hydrogen-bond donors (Lipinski definition) is 2. The first-order valence-electron chi connectivity index (χ1n) is 7.85. The number of H-pyrrole nitrogens is 1. The molecule has 1 aliphatic heterocycles. The Morgan fingerprint density at radius 2 is 2.14 bits per heavy atom. The summed E-state index contributed by atoms with van der Waals surface area (Å²) in [6.45, 7) is 5.03. The van der Waals surface area contributed by atoms with Crippen LogP contribution in [0.3, 0.4) is 0 Å². The molecule has 0 bridgehead atoms. The predicted octanol–water partition coefficient (Wildman–Crippen LogP) is 3.33. The molecule has 1 unspecified atom stereocenters. The molecule has 21 heavy (non-hydrogen) atoms. The Balaban J connectivity index is 1.70. The summed E-state index contributed by atoms with van der Waals surface area (Å²) in [7, 11) is 0. The zero-order valence-corrected chi connectivity index (χ0v) is 12.6. The summed E-state index contributed by atoms with van der Waals surface area (Å²) in [6.07, 6.45) is 5.40. The smallest absolute Gasteiger partial charge is 0.119 e. The van der Waals surface area contributed by atoms with Gasteiger partial charge in [-0.3, -0.25) is 0 Å². The number of benzene rings is 1. The van der Waals surface area contributed by atoms with Crippen molar-refractivity contribution in [1.29, 1.82) is 0 Å². The number of hydrogen-bond acceptors (Lipinski definition) is 3. The summed E-state index contributed by atoms with van der Waals surface area (Å²) < 4.78 is 5.61. The molecule has 1 saturated heterocycles. The molecule has 4 heteroatoms. The lowest BCUT2D eigenvalue weighted by molar-refractivity contribution is 0.317. The van der Waals surface area contributed by atoms with Crippen LogP contribution in [0.5, 0.6) is 5.75 Å². The Bertz CT molecular complexity index is 556. The first kappa shape index (κ1) is 14.1. The minimum absolute atomic E-state index is 0.514. The van der Waals surface area contributed by atoms with Gasteiger partial charge in [0.1, 0.15) is 11.6 Å². The fourth-order valence-electron chi connectivity index (χ4n) is 2.73. The van der Waals surface area contributed by atoms with Gasteiger partial charge in [-0.05, 0) is 55.6 Å². The lowest BCUT2D eigenvalue weighted by atomic mass is 9.99. The third-order valence-corrected chi connectivity index (χ3v) is 3.92. The van der Waals surface area contributed by atoms with Gasteiger partial charge >= 0.3 is 0 Å². The van der Waals surface area contributed by atoms with Crippen LogP contribution in [0.4, 0.5) is 0 Å². The van der Waals surface area contributed by atoms with Crippen LogP contribution in [0.1, 0.15) is 37.9 Å². The lowest BCUT2D eigenvalue weighted by Crippen LogP contribution is -2.28. The van der Waals surface area contributed by atoms with Crippen LogP contribution in [-0.4, -0.2) is 29.7 Å². The summed E-state index contributed by atoms with van der Waals surface area (Å²) in [6, 6.07) is 8.21. The normalized spacial score (nSPS) is 18.6. The fourth-order valence-corrected chi connectivity index (χ4v) is 2.73. The van der Waals surface area contributed by atoms with E-state index in [4.69, 9.17) is 4.74 Å². The Morgan fingerprint density at radius 1 is 1.29 bits per heavy atom. The molecule has 112 valence electrons. The molecule has 0 saturated carbocycles. The number of imidazole rings is 1. The molecule has 2 aromatic rings. The lowest BCUT2D eigenvalue weighted by Gasteiger charge is -2.20. The second-order valence-corrected chi connectivity index (χ2v) is 5.60. The van der Waals surface area contributed by atoms with Crippen LogP contribution in [-0.2, 0) is 0 Å². The van der Waals surface area contributed by atoms with Crippen molar-refractivity contribution in [2.75, 3.05) is 19.7 Å². The highest BCUT2D eigenvalue weighted by atomic mass is 16.5. The van der Waals surface area contributed by atoms with E-state index >= 15 is 0 Å². The van der Waals surface area contributed by atoms with Gasteiger partial charge in [-0.25, -0.2) is 4.98 Å². The van der Waals surface area contributed by atoms with E-state index in [1.165, 1.54) is 12.8 Å². The molecule has 0 aliphatic carbocycles. The van der Waals surface area contributed by atoms with Gasteiger partial charge in [0.25, 0.3) is 0 Å². The number of piperidine rings is 1. The monoisotopic (exact) mass is 285 g/mol. The molecule has 0 spiro atoms. The molecule has 4 nitrogen and oxygen atoms in total. The molecule has 2 N–H and O–H groups in total. The molecule has 1 aromatic carbocycles. The van der Waals surface area contributed by atoms with E-state index in [9.17, 15) is 0 Å². The van der Waals surface area contributed by atoms with Crippen molar-refractivity contribution in [3.63, 3.8) is 0 Å². The highest BCUT2D eigenvalue weighted by molar-refractivity contribution is 5.59. The third kappa shape index (κ3) is 3.45. The van der Waals surface area contributed by atoms with Gasteiger partial charge in [-0.2, -0.15) is 0 Å². The van der Waals surface area contributed by atoms with Gasteiger partial charge in [0, 0.05) is 12.5 Å². The van der Waals surface area contributed by atoms with E-state index in [0.29, 0.717) is 5.92 Å². The van der Waals surface area contributed by atoms with Gasteiger partial charge in [-0.1, -0.05) is 6.92 Å². The van der Waals surface area contributed by atoms with E-state index in [0.717, 1.165) is 48.9 Å². The number of rotatable bonds is 5. The summed E-state index contributed by atoms with van der Waals surface area (Å²) in [5.74, 6) is 2.54. The van der Waals surface area contributed by atoms with Gasteiger partial charge in [0.15, 0.2) is 0 Å². The fraction of sp³-hybridized carbons (Fsp3) is 0.471. The Kier molecular flexibility index (Phi) is 4.55. The Hall–Kier alpha value is -1.81. The molecule has 0 radical (unpaired) electrons. The Labute approximate surface area is 125 Å². The van der Waals surface area contributed by atoms with Crippen molar-refractivity contribution in [2.45, 2.75) is 32.1 Å². The number of aromatic amines is 1. The first-order chi connectivity index (χ1) is 10.4. The van der Waals surface area contributed by atoms with Gasteiger partial charge < -0.3 is 15.0 Å². The van der Waals surface area contributed by atoms with Gasteiger partial charge in [-0.15, -0.1) is 0 Å². The van der Waals surface area contributed by atoms with E-state index in [-0.39, 0.29) is 0 Å². The molecular formula is C17H23N3O. The van der Waals surface area contributed by atoms with Crippen molar-refractivity contribution >= 4 is 0 Å². The zero-order chi connectivity index (χ0) is 14.5. The summed E-state index contributed by atoms with van der Waals surface area (Å²) in [5, 5.41) is 3.43. The predicted molar refractivity (Wildman–Crippen MR) is 84.7 cm³/mol. The molecule has 1 aromatic heterocycles. The SMILES string of the molecule is CCCOc1ccc(-c2cnc(C3CCCNC3)[nH]2)cc1. The second kappa shape index (κ2) is 6.76. The molecule has 0 amide bonds. The molecular weight excluding hydrogens is 262 g/mol. The third-order valence-electron chi connectivity index (χ3n) is 3.92. The van der Waals surface area contributed by atoms with Crippen LogP contribution < -0.4 is 10.1 Å². The van der Waals surface area contributed by atoms with Crippen molar-refractivity contribution in [3.05, 3.63) is 36.3 Å². The quantitative estimate of drug-likeness (QED) is 0.886. The van der Waals surface area contributed by atoms with Crippen LogP contribution in [0.2, 0.25) is 0 Å². The number of nitrogens with zero attached hydrogens (tertiary/aromatic N) is 1. The maximum Gasteiger partial charge on any atom is 0.119 e. The molecule has 3 rings (SSSR count). The average molecular weight is 285 g/mol. The highest BCUT2D eigenvalue weighted by Gasteiger charge is 2.18. The maximum absolute atomic E-state index is 5.61. The first-order valence-corrected chi connectivity index (χ1v) is 7.85. The van der Waals surface area contributed by atoms with Gasteiger partial charge in [0.05, 0.1) is 18.5 Å². The maximum atomic E-state index is 5.61. The number of aromatic nitrogens is 2. The Morgan fingerprint density at radius 3 is 2.86 bits per heavy atom. The zero-order valence-electron chi connectivity index (χ0n) is 12.6. The largest absolute Gasteiger partial charge is 0.494 e. The molecule has 2 heterocycles. The van der Waals surface area contributed by atoms with Crippen LogP contribution >= 0.6 is 0 Å². The minimum atomic E-state index is 0.514. The van der Waals surface area contributed by atoms with E-state index in [1.807, 2.05) is 18.3 Å². The highest BCUT2D eigenvalue weighted by Crippen LogP contribution is 2.25. The van der Waals surface area contributed by atoms with Crippen molar-refractivity contribution in [3.8, 4) is 17.0 Å². The van der Waals surface area contributed by atoms with Crippen molar-refractivity contribution in [1.82, 2.24) is 15.3 Å².